The summed E-state index contributed by atoms with van der Waals surface area (Å²) in [4.78, 5) is 0. The average Bonchev–Trinajstić information content (AvgIpc) is 2.68. The Kier molecular flexibility index (Phi) is 4.31. The van der Waals surface area contributed by atoms with Gasteiger partial charge in [-0.25, -0.2) is 0 Å². The molecule has 0 amide bonds. The van der Waals surface area contributed by atoms with Crippen LogP contribution in [0.25, 0.3) is 0 Å². The molecule has 0 bridgehead atoms. The topological polar surface area (TPSA) is 12.0 Å². The molecule has 1 fully saturated rings. The lowest BCUT2D eigenvalue weighted by atomic mass is 9.87. The van der Waals surface area contributed by atoms with Gasteiger partial charge in [0.1, 0.15) is 0 Å². The molecule has 1 aliphatic carbocycles. The van der Waals surface area contributed by atoms with Crippen molar-refractivity contribution in [2.45, 2.75) is 65.3 Å². The van der Waals surface area contributed by atoms with Crippen molar-refractivity contribution in [3.05, 3.63) is 29.8 Å². The molecule has 1 heteroatoms. The Morgan fingerprint density at radius 2 is 1.94 bits per heavy atom. The lowest BCUT2D eigenvalue weighted by Gasteiger charge is -2.28. The van der Waals surface area contributed by atoms with E-state index in [1.165, 1.54) is 49.8 Å². The normalized spacial score (nSPS) is 22.1. The van der Waals surface area contributed by atoms with E-state index in [1.54, 1.807) is 0 Å². The van der Waals surface area contributed by atoms with Gasteiger partial charge >= 0.3 is 0 Å². The minimum absolute atomic E-state index is 0.445. The number of nitrogens with one attached hydrogen (secondary N) is 1. The van der Waals surface area contributed by atoms with Gasteiger partial charge in [-0.1, -0.05) is 45.7 Å². The van der Waals surface area contributed by atoms with Gasteiger partial charge in [0.25, 0.3) is 0 Å². The summed E-state index contributed by atoms with van der Waals surface area (Å²) in [6, 6.07) is 9.69. The van der Waals surface area contributed by atoms with Crippen molar-refractivity contribution in [1.29, 1.82) is 0 Å². The first-order chi connectivity index (χ1) is 8.62. The second kappa shape index (κ2) is 5.77. The van der Waals surface area contributed by atoms with E-state index in [9.17, 15) is 0 Å². The third-order valence-electron chi connectivity index (χ3n) is 4.37. The first kappa shape index (κ1) is 13.5. The zero-order valence-corrected chi connectivity index (χ0v) is 12.1. The van der Waals surface area contributed by atoms with Gasteiger partial charge in [-0.15, -0.1) is 0 Å². The number of anilines is 1. The molecule has 1 N–H and O–H groups in total. The summed E-state index contributed by atoms with van der Waals surface area (Å²) in [6.07, 6.45) is 7.80. The Balaban J connectivity index is 1.94. The summed E-state index contributed by atoms with van der Waals surface area (Å²) in [7, 11) is 0. The predicted octanol–water partition coefficient (Wildman–Crippen LogP) is 5.02. The maximum absolute atomic E-state index is 3.71. The van der Waals surface area contributed by atoms with E-state index in [-0.39, 0.29) is 0 Å². The van der Waals surface area contributed by atoms with Crippen molar-refractivity contribution >= 4 is 5.69 Å². The predicted molar refractivity (Wildman–Crippen MR) is 80.1 cm³/mol. The van der Waals surface area contributed by atoms with Crippen molar-refractivity contribution in [2.24, 2.45) is 5.41 Å². The molecule has 1 aliphatic rings. The lowest BCUT2D eigenvalue weighted by Crippen LogP contribution is -2.30. The quantitative estimate of drug-likeness (QED) is 0.768. The van der Waals surface area contributed by atoms with Crippen LogP contribution in [0.4, 0.5) is 5.69 Å². The van der Waals surface area contributed by atoms with Crippen molar-refractivity contribution in [3.8, 4) is 0 Å². The van der Waals surface area contributed by atoms with Crippen molar-refractivity contribution in [3.63, 3.8) is 0 Å². The summed E-state index contributed by atoms with van der Waals surface area (Å²) in [6.45, 7) is 7.01. The highest BCUT2D eigenvalue weighted by Crippen LogP contribution is 2.38. The largest absolute Gasteiger partial charge is 0.382 e. The standard InChI is InChI=1S/C17H27N/c1-4-5-7-14-9-11-15(12-10-14)18-16-8-6-13-17(16,2)3/h9-12,16,18H,4-8,13H2,1-3H3. The number of benzene rings is 1. The molecular formula is C17H27N. The van der Waals surface area contributed by atoms with E-state index < -0.39 is 0 Å². The highest BCUT2D eigenvalue weighted by Gasteiger charge is 2.34. The number of hydrogen-bond donors (Lipinski definition) is 1. The molecule has 0 aliphatic heterocycles. The SMILES string of the molecule is CCCCc1ccc(NC2CCCC2(C)C)cc1. The number of hydrogen-bond acceptors (Lipinski definition) is 1. The second-order valence-corrected chi connectivity index (χ2v) is 6.38. The van der Waals surface area contributed by atoms with Gasteiger partial charge in [-0.3, -0.25) is 0 Å². The van der Waals surface area contributed by atoms with Gasteiger partial charge in [0.05, 0.1) is 0 Å². The molecule has 18 heavy (non-hydrogen) atoms. The lowest BCUT2D eigenvalue weighted by molar-refractivity contribution is 0.350. The average molecular weight is 245 g/mol. The maximum Gasteiger partial charge on any atom is 0.0342 e. The van der Waals surface area contributed by atoms with E-state index in [0.29, 0.717) is 11.5 Å². The minimum Gasteiger partial charge on any atom is -0.382 e. The molecule has 2 rings (SSSR count). The highest BCUT2D eigenvalue weighted by atomic mass is 14.9. The van der Waals surface area contributed by atoms with Gasteiger partial charge in [-0.05, 0) is 48.8 Å². The fourth-order valence-corrected chi connectivity index (χ4v) is 2.94. The molecule has 0 radical (unpaired) electrons. The minimum atomic E-state index is 0.445. The molecule has 0 heterocycles. The van der Waals surface area contributed by atoms with Crippen LogP contribution in [-0.2, 0) is 6.42 Å². The van der Waals surface area contributed by atoms with Gasteiger partial charge in [-0.2, -0.15) is 0 Å². The van der Waals surface area contributed by atoms with E-state index in [0.717, 1.165) is 0 Å². The number of rotatable bonds is 5. The van der Waals surface area contributed by atoms with Gasteiger partial charge < -0.3 is 5.32 Å². The van der Waals surface area contributed by atoms with Crippen molar-refractivity contribution in [1.82, 2.24) is 0 Å². The van der Waals surface area contributed by atoms with E-state index in [2.05, 4.69) is 50.4 Å². The second-order valence-electron chi connectivity index (χ2n) is 6.38. The van der Waals surface area contributed by atoms with Crippen LogP contribution in [0.15, 0.2) is 24.3 Å². The molecule has 1 atom stereocenters. The molecule has 1 unspecified atom stereocenters. The molecular weight excluding hydrogens is 218 g/mol. The van der Waals surface area contributed by atoms with Gasteiger partial charge in [0.2, 0.25) is 0 Å². The van der Waals surface area contributed by atoms with Gasteiger partial charge in [0.15, 0.2) is 0 Å². The summed E-state index contributed by atoms with van der Waals surface area (Å²) < 4.78 is 0. The number of unbranched alkanes of at least 4 members (excludes halogenated alkanes) is 1. The molecule has 100 valence electrons. The molecule has 0 saturated heterocycles. The third-order valence-corrected chi connectivity index (χ3v) is 4.37. The van der Waals surface area contributed by atoms with Gasteiger partial charge in [0, 0.05) is 11.7 Å². The summed E-state index contributed by atoms with van der Waals surface area (Å²) in [5, 5.41) is 3.71. The summed E-state index contributed by atoms with van der Waals surface area (Å²) >= 11 is 0. The highest BCUT2D eigenvalue weighted by molar-refractivity contribution is 5.46. The van der Waals surface area contributed by atoms with E-state index in [4.69, 9.17) is 0 Å². The van der Waals surface area contributed by atoms with Crippen LogP contribution < -0.4 is 5.32 Å². The first-order valence-electron chi connectivity index (χ1n) is 7.47. The van der Waals surface area contributed by atoms with E-state index in [1.807, 2.05) is 0 Å². The van der Waals surface area contributed by atoms with Crippen molar-refractivity contribution < 1.29 is 0 Å². The summed E-state index contributed by atoms with van der Waals surface area (Å²) in [5.74, 6) is 0. The maximum atomic E-state index is 3.71. The zero-order valence-electron chi connectivity index (χ0n) is 12.1. The van der Waals surface area contributed by atoms with Crippen LogP contribution in [0.1, 0.15) is 58.4 Å². The Labute approximate surface area is 112 Å². The molecule has 1 aromatic carbocycles. The van der Waals surface area contributed by atoms with Crippen LogP contribution in [0.5, 0.6) is 0 Å². The fourth-order valence-electron chi connectivity index (χ4n) is 2.94. The first-order valence-corrected chi connectivity index (χ1v) is 7.47. The molecule has 0 aromatic heterocycles. The molecule has 0 spiro atoms. The Morgan fingerprint density at radius 3 is 2.50 bits per heavy atom. The van der Waals surface area contributed by atoms with Crippen LogP contribution in [0.3, 0.4) is 0 Å². The Morgan fingerprint density at radius 1 is 1.22 bits per heavy atom. The van der Waals surface area contributed by atoms with Crippen LogP contribution in [-0.4, -0.2) is 6.04 Å². The fraction of sp³-hybridized carbons (Fsp3) is 0.647. The Bertz CT molecular complexity index is 364. The monoisotopic (exact) mass is 245 g/mol. The molecule has 1 saturated carbocycles. The molecule has 1 aromatic rings. The zero-order chi connectivity index (χ0) is 13.0. The number of aryl methyl sites for hydroxylation is 1. The smallest absolute Gasteiger partial charge is 0.0342 e. The van der Waals surface area contributed by atoms with Crippen LogP contribution in [0, 0.1) is 5.41 Å². The van der Waals surface area contributed by atoms with Crippen molar-refractivity contribution in [2.75, 3.05) is 5.32 Å². The summed E-state index contributed by atoms with van der Waals surface area (Å²) in [5.41, 5.74) is 3.20. The Hall–Kier alpha value is -0.980. The van der Waals surface area contributed by atoms with Crippen LogP contribution >= 0.6 is 0 Å². The molecule has 1 nitrogen and oxygen atoms in total. The van der Waals surface area contributed by atoms with Crippen LogP contribution in [0.2, 0.25) is 0 Å². The third kappa shape index (κ3) is 3.28. The van der Waals surface area contributed by atoms with E-state index >= 15 is 0 Å².